The Hall–Kier alpha value is -2.18. The van der Waals surface area contributed by atoms with Crippen LogP contribution < -0.4 is 10.2 Å². The van der Waals surface area contributed by atoms with Crippen LogP contribution in [0.2, 0.25) is 0 Å². The highest BCUT2D eigenvalue weighted by atomic mass is 79.9. The number of nitrogens with one attached hydrogen (secondary N) is 1. The normalized spacial score (nSPS) is 19.2. The van der Waals surface area contributed by atoms with E-state index < -0.39 is 0 Å². The first-order valence-electron chi connectivity index (χ1n) is 9.28. The molecule has 1 fully saturated rings. The lowest BCUT2D eigenvalue weighted by Gasteiger charge is -2.28. The van der Waals surface area contributed by atoms with Crippen molar-refractivity contribution in [3.8, 4) is 0 Å². The average molecular weight is 455 g/mol. The van der Waals surface area contributed by atoms with E-state index in [0.29, 0.717) is 0 Å². The summed E-state index contributed by atoms with van der Waals surface area (Å²) in [5, 5.41) is 4.26. The molecule has 1 saturated heterocycles. The smallest absolute Gasteiger partial charge is 0.174 e. The van der Waals surface area contributed by atoms with E-state index in [1.807, 2.05) is 18.3 Å². The van der Waals surface area contributed by atoms with Gasteiger partial charge in [0.1, 0.15) is 0 Å². The van der Waals surface area contributed by atoms with E-state index in [2.05, 4.69) is 93.8 Å². The van der Waals surface area contributed by atoms with E-state index >= 15 is 0 Å². The van der Waals surface area contributed by atoms with E-state index in [4.69, 9.17) is 12.2 Å². The molecule has 3 heterocycles. The summed E-state index contributed by atoms with van der Waals surface area (Å²) in [7, 11) is 2.11. The lowest BCUT2D eigenvalue weighted by Crippen LogP contribution is -2.29. The van der Waals surface area contributed by atoms with Crippen molar-refractivity contribution in [2.75, 3.05) is 4.90 Å². The zero-order chi connectivity index (χ0) is 20.0. The SMILES string of the molecule is Cc1cc(N2C(=S)N[C@@H](c3ccccn3)[C@@H]2c2cc(C)n(C)c2C)ccc1Br. The molecule has 0 unspecified atom stereocenters. The van der Waals surface area contributed by atoms with Gasteiger partial charge in [0.25, 0.3) is 0 Å². The second-order valence-electron chi connectivity index (χ2n) is 7.32. The van der Waals surface area contributed by atoms with Crippen LogP contribution in [-0.4, -0.2) is 14.7 Å². The second-order valence-corrected chi connectivity index (χ2v) is 8.56. The van der Waals surface area contributed by atoms with Gasteiger partial charge in [-0.2, -0.15) is 0 Å². The molecule has 1 N–H and O–H groups in total. The molecule has 2 aromatic heterocycles. The number of rotatable bonds is 3. The number of pyridine rings is 1. The van der Waals surface area contributed by atoms with Gasteiger partial charge in [-0.25, -0.2) is 0 Å². The maximum Gasteiger partial charge on any atom is 0.174 e. The fourth-order valence-corrected chi connectivity index (χ4v) is 4.50. The van der Waals surface area contributed by atoms with Gasteiger partial charge in [-0.3, -0.25) is 4.98 Å². The molecular weight excluding hydrogens is 432 g/mol. The minimum absolute atomic E-state index is 0.0156. The lowest BCUT2D eigenvalue weighted by molar-refractivity contribution is 0.564. The standard InChI is InChI=1S/C22H23BrN4S/c1-13-11-16(8-9-18(13)23)27-21(17-12-14(2)26(4)15(17)3)20(25-22(27)28)19-7-5-6-10-24-19/h5-12,20-21H,1-4H3,(H,25,28)/t20-,21-/m0/s1. The van der Waals surface area contributed by atoms with Crippen LogP contribution in [0.5, 0.6) is 0 Å². The van der Waals surface area contributed by atoms with Gasteiger partial charge in [0.2, 0.25) is 0 Å². The van der Waals surface area contributed by atoms with Gasteiger partial charge in [-0.05, 0) is 80.5 Å². The quantitative estimate of drug-likeness (QED) is 0.545. The Balaban J connectivity index is 1.89. The zero-order valence-electron chi connectivity index (χ0n) is 16.4. The lowest BCUT2D eigenvalue weighted by atomic mass is 9.96. The minimum Gasteiger partial charge on any atom is -0.352 e. The average Bonchev–Trinajstić information content (AvgIpc) is 3.16. The van der Waals surface area contributed by atoms with Crippen molar-refractivity contribution in [1.29, 1.82) is 0 Å². The third-order valence-corrected chi connectivity index (χ3v) is 6.86. The van der Waals surface area contributed by atoms with Crippen LogP contribution in [0.25, 0.3) is 0 Å². The highest BCUT2D eigenvalue weighted by Crippen LogP contribution is 2.43. The molecular formula is C22H23BrN4S. The van der Waals surface area contributed by atoms with Gasteiger partial charge in [0, 0.05) is 34.8 Å². The molecule has 1 aliphatic rings. The molecule has 0 spiro atoms. The predicted molar refractivity (Wildman–Crippen MR) is 122 cm³/mol. The van der Waals surface area contributed by atoms with Crippen LogP contribution >= 0.6 is 28.1 Å². The largest absolute Gasteiger partial charge is 0.352 e. The summed E-state index contributed by atoms with van der Waals surface area (Å²) in [4.78, 5) is 6.86. The van der Waals surface area contributed by atoms with Gasteiger partial charge >= 0.3 is 0 Å². The maximum absolute atomic E-state index is 5.80. The third-order valence-electron chi connectivity index (χ3n) is 5.65. The molecule has 0 saturated carbocycles. The van der Waals surface area contributed by atoms with E-state index in [0.717, 1.165) is 21.0 Å². The van der Waals surface area contributed by atoms with E-state index in [1.165, 1.54) is 22.5 Å². The van der Waals surface area contributed by atoms with Crippen molar-refractivity contribution in [1.82, 2.24) is 14.9 Å². The summed E-state index contributed by atoms with van der Waals surface area (Å²) < 4.78 is 3.33. The van der Waals surface area contributed by atoms with Gasteiger partial charge in [-0.15, -0.1) is 0 Å². The molecule has 0 aliphatic carbocycles. The van der Waals surface area contributed by atoms with Crippen molar-refractivity contribution in [3.63, 3.8) is 0 Å². The number of thiocarbonyl (C=S) groups is 1. The van der Waals surface area contributed by atoms with Crippen molar-refractivity contribution >= 4 is 38.9 Å². The molecule has 0 bridgehead atoms. The summed E-state index contributed by atoms with van der Waals surface area (Å²) in [5.41, 5.74) is 7.00. The van der Waals surface area contributed by atoms with Gasteiger partial charge in [-0.1, -0.05) is 22.0 Å². The number of hydrogen-bond donors (Lipinski definition) is 1. The van der Waals surface area contributed by atoms with Crippen molar-refractivity contribution in [2.45, 2.75) is 32.9 Å². The topological polar surface area (TPSA) is 33.1 Å². The molecule has 6 heteroatoms. The van der Waals surface area contributed by atoms with Crippen molar-refractivity contribution in [2.24, 2.45) is 7.05 Å². The first-order valence-corrected chi connectivity index (χ1v) is 10.5. The van der Waals surface area contributed by atoms with E-state index in [9.17, 15) is 0 Å². The van der Waals surface area contributed by atoms with Crippen LogP contribution in [0.3, 0.4) is 0 Å². The van der Waals surface area contributed by atoms with Gasteiger partial charge in [0.15, 0.2) is 5.11 Å². The second kappa shape index (κ2) is 7.33. The molecule has 3 aromatic rings. The summed E-state index contributed by atoms with van der Waals surface area (Å²) in [6.07, 6.45) is 1.84. The number of anilines is 1. The van der Waals surface area contributed by atoms with Gasteiger partial charge in [0.05, 0.1) is 17.8 Å². The van der Waals surface area contributed by atoms with Crippen LogP contribution in [-0.2, 0) is 7.05 Å². The minimum atomic E-state index is -0.0156. The third kappa shape index (κ3) is 3.14. The summed E-state index contributed by atoms with van der Waals surface area (Å²) in [6.45, 7) is 6.41. The molecule has 28 heavy (non-hydrogen) atoms. The number of hydrogen-bond acceptors (Lipinski definition) is 2. The predicted octanol–water partition coefficient (Wildman–Crippen LogP) is 5.28. The van der Waals surface area contributed by atoms with Crippen molar-refractivity contribution in [3.05, 3.63) is 81.3 Å². The number of aromatic nitrogens is 2. The number of nitrogens with zero attached hydrogens (tertiary/aromatic N) is 3. The Morgan fingerprint density at radius 3 is 2.50 bits per heavy atom. The number of aryl methyl sites for hydroxylation is 2. The Bertz CT molecular complexity index is 1040. The summed E-state index contributed by atoms with van der Waals surface area (Å²) in [6, 6.07) is 14.7. The Labute approximate surface area is 179 Å². The first-order chi connectivity index (χ1) is 13.4. The molecule has 1 aromatic carbocycles. The van der Waals surface area contributed by atoms with E-state index in [1.54, 1.807) is 0 Å². The molecule has 1 aliphatic heterocycles. The van der Waals surface area contributed by atoms with Crippen LogP contribution in [0.1, 0.15) is 40.3 Å². The molecule has 0 amide bonds. The fourth-order valence-electron chi connectivity index (χ4n) is 3.91. The molecule has 0 radical (unpaired) electrons. The summed E-state index contributed by atoms with van der Waals surface area (Å²) in [5.74, 6) is 0. The first kappa shape index (κ1) is 19.2. The van der Waals surface area contributed by atoms with Crippen molar-refractivity contribution < 1.29 is 0 Å². The fraction of sp³-hybridized carbons (Fsp3) is 0.273. The Kier molecular flexibility index (Phi) is 5.02. The number of benzene rings is 1. The molecule has 144 valence electrons. The highest BCUT2D eigenvalue weighted by Gasteiger charge is 2.42. The number of halogens is 1. The Morgan fingerprint density at radius 1 is 1.11 bits per heavy atom. The highest BCUT2D eigenvalue weighted by molar-refractivity contribution is 9.10. The Morgan fingerprint density at radius 2 is 1.89 bits per heavy atom. The zero-order valence-corrected chi connectivity index (χ0v) is 18.8. The summed E-state index contributed by atoms with van der Waals surface area (Å²) >= 11 is 9.41. The van der Waals surface area contributed by atoms with E-state index in [-0.39, 0.29) is 12.1 Å². The van der Waals surface area contributed by atoms with Crippen LogP contribution in [0.15, 0.2) is 53.1 Å². The molecule has 4 nitrogen and oxygen atoms in total. The molecule has 2 atom stereocenters. The van der Waals surface area contributed by atoms with Gasteiger partial charge < -0.3 is 14.8 Å². The van der Waals surface area contributed by atoms with Crippen LogP contribution in [0.4, 0.5) is 5.69 Å². The monoisotopic (exact) mass is 454 g/mol. The maximum atomic E-state index is 5.80. The molecule has 4 rings (SSSR count). The van der Waals surface area contributed by atoms with Crippen LogP contribution in [0, 0.1) is 20.8 Å².